The Morgan fingerprint density at radius 2 is 2.05 bits per heavy atom. The van der Waals surface area contributed by atoms with Gasteiger partial charge in [-0.05, 0) is 31.0 Å². The monoisotopic (exact) mass is 302 g/mol. The predicted octanol–water partition coefficient (Wildman–Crippen LogP) is 2.77. The second kappa shape index (κ2) is 6.34. The van der Waals surface area contributed by atoms with Crippen molar-refractivity contribution in [3.8, 4) is 0 Å². The van der Waals surface area contributed by atoms with E-state index < -0.39 is 17.8 Å². The number of nitrogens with zero attached hydrogens (tertiary/aromatic N) is 1. The normalized spacial score (nSPS) is 19.0. The molecular formula is C14H17F3N2O2. The summed E-state index contributed by atoms with van der Waals surface area (Å²) < 4.78 is 43.9. The topological polar surface area (TPSA) is 55.6 Å². The van der Waals surface area contributed by atoms with Crippen molar-refractivity contribution in [2.45, 2.75) is 31.7 Å². The largest absolute Gasteiger partial charge is 0.444 e. The van der Waals surface area contributed by atoms with Crippen LogP contribution in [0.2, 0.25) is 0 Å². The molecule has 21 heavy (non-hydrogen) atoms. The Kier molecular flexibility index (Phi) is 4.72. The van der Waals surface area contributed by atoms with Gasteiger partial charge in [0.1, 0.15) is 6.10 Å². The Morgan fingerprint density at radius 1 is 1.33 bits per heavy atom. The van der Waals surface area contributed by atoms with Crippen molar-refractivity contribution in [3.63, 3.8) is 0 Å². The molecule has 1 aliphatic heterocycles. The van der Waals surface area contributed by atoms with Gasteiger partial charge >= 0.3 is 12.3 Å². The second-order valence-corrected chi connectivity index (χ2v) is 4.97. The zero-order valence-electron chi connectivity index (χ0n) is 11.4. The molecule has 1 saturated heterocycles. The van der Waals surface area contributed by atoms with Crippen LogP contribution in [0.3, 0.4) is 0 Å². The van der Waals surface area contributed by atoms with Crippen LogP contribution in [-0.4, -0.2) is 30.2 Å². The fraction of sp³-hybridized carbons (Fsp3) is 0.500. The Hall–Kier alpha value is -1.76. The number of halogens is 3. The first-order valence-corrected chi connectivity index (χ1v) is 6.72. The fourth-order valence-electron chi connectivity index (χ4n) is 2.34. The van der Waals surface area contributed by atoms with Gasteiger partial charge in [0.05, 0.1) is 12.1 Å². The Morgan fingerprint density at radius 3 is 2.71 bits per heavy atom. The van der Waals surface area contributed by atoms with Gasteiger partial charge in [0, 0.05) is 6.54 Å². The van der Waals surface area contributed by atoms with Crippen LogP contribution < -0.4 is 5.73 Å². The lowest BCUT2D eigenvalue weighted by Crippen LogP contribution is -2.26. The van der Waals surface area contributed by atoms with Gasteiger partial charge in [0.15, 0.2) is 0 Å². The first kappa shape index (κ1) is 15.6. The molecule has 4 nitrogen and oxygen atoms in total. The second-order valence-electron chi connectivity index (χ2n) is 4.97. The van der Waals surface area contributed by atoms with E-state index in [4.69, 9.17) is 10.5 Å². The predicted molar refractivity (Wildman–Crippen MR) is 70.4 cm³/mol. The molecule has 2 rings (SSSR count). The Bertz CT molecular complexity index is 505. The lowest BCUT2D eigenvalue weighted by molar-refractivity contribution is -0.138. The fourth-order valence-corrected chi connectivity index (χ4v) is 2.34. The number of alkyl halides is 3. The maximum atomic E-state index is 12.9. The minimum Gasteiger partial charge on any atom is -0.444 e. The number of nitrogens with two attached hydrogens (primary N) is 1. The van der Waals surface area contributed by atoms with Gasteiger partial charge < -0.3 is 15.4 Å². The molecule has 0 bridgehead atoms. The molecule has 0 radical (unpaired) electrons. The number of hydrogen-bond acceptors (Lipinski definition) is 3. The summed E-state index contributed by atoms with van der Waals surface area (Å²) in [6.45, 7) is 0.684. The highest BCUT2D eigenvalue weighted by Gasteiger charge is 2.36. The van der Waals surface area contributed by atoms with Crippen molar-refractivity contribution in [2.24, 2.45) is 5.73 Å². The van der Waals surface area contributed by atoms with Crippen molar-refractivity contribution in [1.29, 1.82) is 0 Å². The van der Waals surface area contributed by atoms with Gasteiger partial charge in [-0.1, -0.05) is 18.2 Å². The highest BCUT2D eigenvalue weighted by Crippen LogP contribution is 2.33. The Labute approximate surface area is 120 Å². The summed E-state index contributed by atoms with van der Waals surface area (Å²) in [6.07, 6.45) is -3.96. The average molecular weight is 302 g/mol. The molecular weight excluding hydrogens is 285 g/mol. The van der Waals surface area contributed by atoms with Crippen LogP contribution in [0.4, 0.5) is 18.0 Å². The number of benzene rings is 1. The molecule has 1 amide bonds. The summed E-state index contributed by atoms with van der Waals surface area (Å²) in [6, 6.07) is 5.25. The summed E-state index contributed by atoms with van der Waals surface area (Å²) >= 11 is 0. The lowest BCUT2D eigenvalue weighted by atomic mass is 10.1. The van der Waals surface area contributed by atoms with Crippen LogP contribution in [0.15, 0.2) is 24.3 Å². The zero-order chi connectivity index (χ0) is 15.5. The van der Waals surface area contributed by atoms with E-state index in [1.165, 1.54) is 23.1 Å². The van der Waals surface area contributed by atoms with E-state index in [1.807, 2.05) is 0 Å². The zero-order valence-corrected chi connectivity index (χ0v) is 11.4. The van der Waals surface area contributed by atoms with Crippen LogP contribution in [0.1, 0.15) is 24.0 Å². The maximum absolute atomic E-state index is 12.9. The summed E-state index contributed by atoms with van der Waals surface area (Å²) in [4.78, 5) is 13.0. The van der Waals surface area contributed by atoms with E-state index in [1.54, 1.807) is 0 Å². The van der Waals surface area contributed by atoms with Crippen LogP contribution in [0.5, 0.6) is 0 Å². The van der Waals surface area contributed by atoms with Gasteiger partial charge in [0.2, 0.25) is 0 Å². The maximum Gasteiger partial charge on any atom is 0.416 e. The van der Waals surface area contributed by atoms with E-state index in [-0.39, 0.29) is 18.2 Å². The van der Waals surface area contributed by atoms with Crippen molar-refractivity contribution in [3.05, 3.63) is 35.4 Å². The highest BCUT2D eigenvalue weighted by molar-refractivity contribution is 5.70. The average Bonchev–Trinajstić information content (AvgIpc) is 2.76. The standard InChI is InChI=1S/C14H17F3N2O2/c15-14(16,17)12-6-2-1-4-10(12)8-19-9-11(5-3-7-18)21-13(19)20/h1-2,4,6,11H,3,5,7-9,18H2. The first-order chi connectivity index (χ1) is 9.91. The number of rotatable bonds is 5. The molecule has 1 heterocycles. The third-order valence-corrected chi connectivity index (χ3v) is 3.36. The van der Waals surface area contributed by atoms with Crippen molar-refractivity contribution < 1.29 is 22.7 Å². The van der Waals surface area contributed by atoms with Crippen LogP contribution in [0, 0.1) is 0 Å². The number of carbonyl (C=O) groups excluding carboxylic acids is 1. The summed E-state index contributed by atoms with van der Waals surface area (Å²) in [5, 5.41) is 0. The van der Waals surface area contributed by atoms with Crippen LogP contribution in [0.25, 0.3) is 0 Å². The van der Waals surface area contributed by atoms with E-state index in [2.05, 4.69) is 0 Å². The number of hydrogen-bond donors (Lipinski definition) is 1. The van der Waals surface area contributed by atoms with Gasteiger partial charge in [-0.3, -0.25) is 0 Å². The lowest BCUT2D eigenvalue weighted by Gasteiger charge is -2.17. The van der Waals surface area contributed by atoms with Crippen molar-refractivity contribution >= 4 is 6.09 Å². The molecule has 2 N–H and O–H groups in total. The van der Waals surface area contributed by atoms with Crippen molar-refractivity contribution in [1.82, 2.24) is 4.90 Å². The van der Waals surface area contributed by atoms with Crippen molar-refractivity contribution in [2.75, 3.05) is 13.1 Å². The quantitative estimate of drug-likeness (QED) is 0.910. The molecule has 0 aromatic heterocycles. The summed E-state index contributed by atoms with van der Waals surface area (Å²) in [5.41, 5.74) is 4.74. The minimum absolute atomic E-state index is 0.0708. The molecule has 7 heteroatoms. The highest BCUT2D eigenvalue weighted by atomic mass is 19.4. The molecule has 116 valence electrons. The summed E-state index contributed by atoms with van der Waals surface area (Å²) in [7, 11) is 0. The summed E-state index contributed by atoms with van der Waals surface area (Å²) in [5.74, 6) is 0. The Balaban J connectivity index is 2.07. The number of cyclic esters (lactones) is 1. The molecule has 1 unspecified atom stereocenters. The molecule has 1 aromatic rings. The van der Waals surface area contributed by atoms with E-state index in [9.17, 15) is 18.0 Å². The third kappa shape index (κ3) is 3.87. The molecule has 1 aromatic carbocycles. The molecule has 0 aliphatic carbocycles. The van der Waals surface area contributed by atoms with Crippen LogP contribution >= 0.6 is 0 Å². The molecule has 1 fully saturated rings. The van der Waals surface area contributed by atoms with Crippen LogP contribution in [-0.2, 0) is 17.5 Å². The SMILES string of the molecule is NCCCC1CN(Cc2ccccc2C(F)(F)F)C(=O)O1. The van der Waals surface area contributed by atoms with Gasteiger partial charge in [-0.2, -0.15) is 13.2 Å². The number of carbonyl (C=O) groups is 1. The third-order valence-electron chi connectivity index (χ3n) is 3.36. The molecule has 1 atom stereocenters. The van der Waals surface area contributed by atoms with Gasteiger partial charge in [-0.25, -0.2) is 4.79 Å². The molecule has 1 aliphatic rings. The van der Waals surface area contributed by atoms with E-state index >= 15 is 0 Å². The molecule has 0 saturated carbocycles. The van der Waals surface area contributed by atoms with Gasteiger partial charge in [0.25, 0.3) is 0 Å². The van der Waals surface area contributed by atoms with E-state index in [0.29, 0.717) is 25.9 Å². The first-order valence-electron chi connectivity index (χ1n) is 6.72. The van der Waals surface area contributed by atoms with E-state index in [0.717, 1.165) is 6.07 Å². The molecule has 0 spiro atoms. The number of ether oxygens (including phenoxy) is 1. The smallest absolute Gasteiger partial charge is 0.416 e. The van der Waals surface area contributed by atoms with Gasteiger partial charge in [-0.15, -0.1) is 0 Å². The minimum atomic E-state index is -4.43. The number of amides is 1.